The zero-order valence-electron chi connectivity index (χ0n) is 13.2. The van der Waals surface area contributed by atoms with Gasteiger partial charge in [0.1, 0.15) is 5.75 Å². The van der Waals surface area contributed by atoms with Gasteiger partial charge in [0.15, 0.2) is 0 Å². The average molecular weight is 352 g/mol. The first-order valence-electron chi connectivity index (χ1n) is 7.32. The van der Waals surface area contributed by atoms with Crippen LogP contribution in [0, 0.1) is 0 Å². The summed E-state index contributed by atoms with van der Waals surface area (Å²) in [6.45, 7) is 2.37. The van der Waals surface area contributed by atoms with Gasteiger partial charge in [-0.25, -0.2) is 0 Å². The molecule has 0 saturated heterocycles. The third kappa shape index (κ3) is 5.23. The Hall–Kier alpha value is -3.03. The van der Waals surface area contributed by atoms with E-state index in [2.05, 4.69) is 5.32 Å². The topological polar surface area (TPSA) is 67.4 Å². The molecule has 2 aromatic rings. The minimum atomic E-state index is -4.96. The molecule has 0 aliphatic heterocycles. The zero-order valence-corrected chi connectivity index (χ0v) is 13.2. The summed E-state index contributed by atoms with van der Waals surface area (Å²) in [6.07, 6.45) is -4.96. The second-order valence-electron chi connectivity index (χ2n) is 4.94. The molecule has 0 aliphatic rings. The molecule has 0 aliphatic carbocycles. The number of alkyl halides is 3. The van der Waals surface area contributed by atoms with Crippen LogP contribution in [0.2, 0.25) is 0 Å². The number of ether oxygens (including phenoxy) is 1. The Morgan fingerprint density at radius 1 is 0.920 bits per heavy atom. The monoisotopic (exact) mass is 352 g/mol. The van der Waals surface area contributed by atoms with Crippen molar-refractivity contribution in [3.63, 3.8) is 0 Å². The van der Waals surface area contributed by atoms with Gasteiger partial charge in [0.05, 0.1) is 6.61 Å². The molecule has 0 bridgehead atoms. The Labute approximate surface area is 141 Å². The fourth-order valence-corrected chi connectivity index (χ4v) is 1.91. The number of halogens is 3. The van der Waals surface area contributed by atoms with Crippen LogP contribution in [0.1, 0.15) is 17.3 Å². The highest BCUT2D eigenvalue weighted by molar-refractivity contribution is 6.04. The summed E-state index contributed by atoms with van der Waals surface area (Å²) in [6, 6.07) is 11.8. The third-order valence-electron chi connectivity index (χ3n) is 3.09. The largest absolute Gasteiger partial charge is 0.494 e. The van der Waals surface area contributed by atoms with Crippen LogP contribution in [0.5, 0.6) is 5.75 Å². The van der Waals surface area contributed by atoms with Crippen molar-refractivity contribution in [3.8, 4) is 5.75 Å². The molecule has 0 saturated carbocycles. The van der Waals surface area contributed by atoms with Crippen molar-refractivity contribution in [1.29, 1.82) is 0 Å². The fraction of sp³-hybridized carbons (Fsp3) is 0.176. The van der Waals surface area contributed by atoms with Crippen LogP contribution >= 0.6 is 0 Å². The number of anilines is 2. The summed E-state index contributed by atoms with van der Waals surface area (Å²) < 4.78 is 41.8. The number of amides is 2. The molecule has 0 heterocycles. The maximum atomic E-state index is 12.2. The first-order valence-corrected chi connectivity index (χ1v) is 7.32. The Morgan fingerprint density at radius 3 is 1.92 bits per heavy atom. The maximum Gasteiger partial charge on any atom is 0.471 e. The second-order valence-corrected chi connectivity index (χ2v) is 4.94. The van der Waals surface area contributed by atoms with Crippen molar-refractivity contribution in [2.75, 3.05) is 17.2 Å². The Bertz CT molecular complexity index is 741. The number of hydrogen-bond acceptors (Lipinski definition) is 3. The van der Waals surface area contributed by atoms with Crippen LogP contribution in [0.3, 0.4) is 0 Å². The van der Waals surface area contributed by atoms with E-state index < -0.39 is 12.1 Å². The molecule has 132 valence electrons. The van der Waals surface area contributed by atoms with Gasteiger partial charge in [0.25, 0.3) is 5.91 Å². The molecular weight excluding hydrogens is 337 g/mol. The van der Waals surface area contributed by atoms with Gasteiger partial charge in [-0.05, 0) is 55.5 Å². The predicted octanol–water partition coefficient (Wildman–Crippen LogP) is 3.84. The highest BCUT2D eigenvalue weighted by Crippen LogP contribution is 2.20. The first kappa shape index (κ1) is 18.3. The van der Waals surface area contributed by atoms with Gasteiger partial charge >= 0.3 is 12.1 Å². The van der Waals surface area contributed by atoms with E-state index in [-0.39, 0.29) is 11.6 Å². The molecule has 8 heteroatoms. The van der Waals surface area contributed by atoms with Crippen LogP contribution in [-0.4, -0.2) is 24.6 Å². The van der Waals surface area contributed by atoms with Crippen LogP contribution in [0.4, 0.5) is 24.5 Å². The van der Waals surface area contributed by atoms with E-state index in [1.165, 1.54) is 24.3 Å². The van der Waals surface area contributed by atoms with Crippen LogP contribution in [-0.2, 0) is 4.79 Å². The van der Waals surface area contributed by atoms with Crippen molar-refractivity contribution in [1.82, 2.24) is 0 Å². The van der Waals surface area contributed by atoms with E-state index >= 15 is 0 Å². The van der Waals surface area contributed by atoms with Gasteiger partial charge in [-0.1, -0.05) is 0 Å². The smallest absolute Gasteiger partial charge is 0.471 e. The Balaban J connectivity index is 1.98. The molecular formula is C17H15F3N2O3. The number of carbonyl (C=O) groups is 2. The highest BCUT2D eigenvalue weighted by atomic mass is 19.4. The number of benzene rings is 2. The van der Waals surface area contributed by atoms with E-state index in [4.69, 9.17) is 4.74 Å². The summed E-state index contributed by atoms with van der Waals surface area (Å²) >= 11 is 0. The maximum absolute atomic E-state index is 12.2. The zero-order chi connectivity index (χ0) is 18.4. The fourth-order valence-electron chi connectivity index (χ4n) is 1.91. The number of carbonyl (C=O) groups excluding carboxylic acids is 2. The quantitative estimate of drug-likeness (QED) is 0.859. The summed E-state index contributed by atoms with van der Waals surface area (Å²) in [7, 11) is 0. The van der Waals surface area contributed by atoms with E-state index in [0.717, 1.165) is 0 Å². The van der Waals surface area contributed by atoms with Gasteiger partial charge in [-0.2, -0.15) is 13.2 Å². The molecule has 5 nitrogen and oxygen atoms in total. The Kier molecular flexibility index (Phi) is 5.63. The van der Waals surface area contributed by atoms with Crippen LogP contribution in [0.25, 0.3) is 0 Å². The van der Waals surface area contributed by atoms with Crippen molar-refractivity contribution >= 4 is 23.2 Å². The standard InChI is InChI=1S/C17H15F3N2O3/c1-2-25-14-9-3-11(4-10-14)15(23)21-12-5-7-13(8-6-12)22-16(24)17(18,19)20/h3-10H,2H2,1H3,(H,21,23)(H,22,24). The molecule has 2 aromatic carbocycles. The summed E-state index contributed by atoms with van der Waals surface area (Å²) in [5, 5.41) is 4.33. The summed E-state index contributed by atoms with van der Waals surface area (Å²) in [5.41, 5.74) is 0.753. The minimum Gasteiger partial charge on any atom is -0.494 e. The molecule has 0 fully saturated rings. The summed E-state index contributed by atoms with van der Waals surface area (Å²) in [5.74, 6) is -1.79. The number of rotatable bonds is 5. The van der Waals surface area contributed by atoms with Gasteiger partial charge in [0.2, 0.25) is 0 Å². The number of nitrogens with one attached hydrogen (secondary N) is 2. The van der Waals surface area contributed by atoms with Gasteiger partial charge in [-0.15, -0.1) is 0 Å². The molecule has 2 rings (SSSR count). The van der Waals surface area contributed by atoms with Crippen LogP contribution in [0.15, 0.2) is 48.5 Å². The molecule has 0 unspecified atom stereocenters. The lowest BCUT2D eigenvalue weighted by molar-refractivity contribution is -0.167. The van der Waals surface area contributed by atoms with Crippen molar-refractivity contribution in [2.45, 2.75) is 13.1 Å². The second kappa shape index (κ2) is 7.69. The molecule has 0 spiro atoms. The normalized spacial score (nSPS) is 10.9. The molecule has 25 heavy (non-hydrogen) atoms. The van der Waals surface area contributed by atoms with Gasteiger partial charge in [-0.3, -0.25) is 9.59 Å². The Morgan fingerprint density at radius 2 is 1.44 bits per heavy atom. The van der Waals surface area contributed by atoms with E-state index in [1.807, 2.05) is 6.92 Å². The average Bonchev–Trinajstić information content (AvgIpc) is 2.56. The van der Waals surface area contributed by atoms with E-state index in [0.29, 0.717) is 23.6 Å². The van der Waals surface area contributed by atoms with Gasteiger partial charge in [0, 0.05) is 16.9 Å². The SMILES string of the molecule is CCOc1ccc(C(=O)Nc2ccc(NC(=O)C(F)(F)F)cc2)cc1. The van der Waals surface area contributed by atoms with Gasteiger partial charge < -0.3 is 15.4 Å². The van der Waals surface area contributed by atoms with Crippen molar-refractivity contribution in [3.05, 3.63) is 54.1 Å². The number of hydrogen-bond donors (Lipinski definition) is 2. The molecule has 2 amide bonds. The van der Waals surface area contributed by atoms with Crippen LogP contribution < -0.4 is 15.4 Å². The molecule has 0 atom stereocenters. The lowest BCUT2D eigenvalue weighted by Crippen LogP contribution is -2.29. The van der Waals surface area contributed by atoms with Crippen molar-refractivity contribution < 1.29 is 27.5 Å². The first-order chi connectivity index (χ1) is 11.8. The van der Waals surface area contributed by atoms with E-state index in [1.54, 1.807) is 29.6 Å². The molecule has 2 N–H and O–H groups in total. The predicted molar refractivity (Wildman–Crippen MR) is 86.7 cm³/mol. The molecule has 0 aromatic heterocycles. The third-order valence-corrected chi connectivity index (χ3v) is 3.09. The lowest BCUT2D eigenvalue weighted by atomic mass is 10.2. The summed E-state index contributed by atoms with van der Waals surface area (Å²) in [4.78, 5) is 22.9. The highest BCUT2D eigenvalue weighted by Gasteiger charge is 2.38. The lowest BCUT2D eigenvalue weighted by Gasteiger charge is -2.09. The van der Waals surface area contributed by atoms with E-state index in [9.17, 15) is 22.8 Å². The van der Waals surface area contributed by atoms with Crippen molar-refractivity contribution in [2.24, 2.45) is 0 Å². The minimum absolute atomic E-state index is 0.0265. The molecule has 0 radical (unpaired) electrons.